The lowest BCUT2D eigenvalue weighted by atomic mass is 10.1. The highest BCUT2D eigenvalue weighted by molar-refractivity contribution is 9.10. The van der Waals surface area contributed by atoms with Gasteiger partial charge in [-0.25, -0.2) is 4.98 Å². The molecule has 4 heteroatoms. The zero-order valence-corrected chi connectivity index (χ0v) is 12.6. The van der Waals surface area contributed by atoms with E-state index in [4.69, 9.17) is 10.2 Å². The van der Waals surface area contributed by atoms with Crippen LogP contribution >= 0.6 is 15.9 Å². The van der Waals surface area contributed by atoms with Crippen LogP contribution in [-0.4, -0.2) is 4.98 Å². The molecule has 0 amide bonds. The summed E-state index contributed by atoms with van der Waals surface area (Å²) in [7, 11) is 0. The normalized spacial score (nSPS) is 11.3. The fraction of sp³-hybridized carbons (Fsp3) is 0. The number of halogens is 1. The first-order chi connectivity index (χ1) is 10.2. The highest BCUT2D eigenvalue weighted by atomic mass is 79.9. The van der Waals surface area contributed by atoms with Crippen molar-refractivity contribution in [3.05, 3.63) is 59.1 Å². The Balaban J connectivity index is 1.96. The quantitative estimate of drug-likeness (QED) is 0.497. The molecule has 4 aromatic rings. The molecular formula is C17H11BrN2O. The van der Waals surface area contributed by atoms with Crippen molar-refractivity contribution in [3.8, 4) is 11.5 Å². The third kappa shape index (κ3) is 2.08. The summed E-state index contributed by atoms with van der Waals surface area (Å²) in [6, 6.07) is 17.8. The van der Waals surface area contributed by atoms with Crippen molar-refractivity contribution in [2.24, 2.45) is 0 Å². The number of oxazole rings is 1. The van der Waals surface area contributed by atoms with E-state index in [1.54, 1.807) is 0 Å². The molecule has 4 rings (SSSR count). The van der Waals surface area contributed by atoms with Crippen LogP contribution in [0.15, 0.2) is 63.5 Å². The molecule has 0 aliphatic heterocycles. The predicted octanol–water partition coefficient (Wildman–Crippen LogP) is 4.99. The number of rotatable bonds is 1. The number of hydrogen-bond donors (Lipinski definition) is 1. The standard InChI is InChI=1S/C17H11BrN2O/c18-12-5-6-16-15(9-12)20-17(21-16)13-7-10-3-1-2-4-11(10)8-14(13)19/h1-9H,19H2. The summed E-state index contributed by atoms with van der Waals surface area (Å²) >= 11 is 3.44. The summed E-state index contributed by atoms with van der Waals surface area (Å²) in [5.74, 6) is 0.548. The van der Waals surface area contributed by atoms with E-state index in [1.807, 2.05) is 48.5 Å². The largest absolute Gasteiger partial charge is 0.436 e. The van der Waals surface area contributed by atoms with Gasteiger partial charge in [-0.3, -0.25) is 0 Å². The number of nitrogens with two attached hydrogens (primary N) is 1. The van der Waals surface area contributed by atoms with Crippen LogP contribution in [0, 0.1) is 0 Å². The maximum absolute atomic E-state index is 6.16. The fourth-order valence-electron chi connectivity index (χ4n) is 2.46. The number of nitrogen functional groups attached to an aromatic ring is 1. The zero-order chi connectivity index (χ0) is 14.4. The molecule has 0 spiro atoms. The number of benzene rings is 3. The molecule has 21 heavy (non-hydrogen) atoms. The maximum Gasteiger partial charge on any atom is 0.229 e. The van der Waals surface area contributed by atoms with Crippen LogP contribution in [-0.2, 0) is 0 Å². The van der Waals surface area contributed by atoms with Crippen molar-refractivity contribution < 1.29 is 4.42 Å². The van der Waals surface area contributed by atoms with Crippen LogP contribution in [0.4, 0.5) is 5.69 Å². The molecule has 0 fully saturated rings. The van der Waals surface area contributed by atoms with Crippen LogP contribution in [0.1, 0.15) is 0 Å². The number of hydrogen-bond acceptors (Lipinski definition) is 3. The first-order valence-corrected chi connectivity index (χ1v) is 7.35. The summed E-state index contributed by atoms with van der Waals surface area (Å²) in [6.07, 6.45) is 0. The molecule has 0 saturated carbocycles. The van der Waals surface area contributed by atoms with E-state index in [2.05, 4.69) is 27.0 Å². The van der Waals surface area contributed by atoms with Gasteiger partial charge in [0, 0.05) is 10.2 Å². The van der Waals surface area contributed by atoms with Crippen LogP contribution in [0.2, 0.25) is 0 Å². The second kappa shape index (κ2) is 4.60. The molecule has 1 aromatic heterocycles. The number of anilines is 1. The molecule has 3 aromatic carbocycles. The molecule has 102 valence electrons. The van der Waals surface area contributed by atoms with E-state index < -0.39 is 0 Å². The van der Waals surface area contributed by atoms with Gasteiger partial charge >= 0.3 is 0 Å². The van der Waals surface area contributed by atoms with Crippen LogP contribution in [0.5, 0.6) is 0 Å². The van der Waals surface area contributed by atoms with Gasteiger partial charge in [-0.15, -0.1) is 0 Å². The molecule has 3 nitrogen and oxygen atoms in total. The van der Waals surface area contributed by atoms with E-state index in [0.717, 1.165) is 31.9 Å². The summed E-state index contributed by atoms with van der Waals surface area (Å²) in [6.45, 7) is 0. The highest BCUT2D eigenvalue weighted by Crippen LogP contribution is 2.32. The molecular weight excluding hydrogens is 328 g/mol. The first kappa shape index (κ1) is 12.4. The van der Waals surface area contributed by atoms with Gasteiger partial charge in [0.15, 0.2) is 5.58 Å². The molecule has 1 heterocycles. The molecule has 0 aliphatic rings. The molecule has 2 N–H and O–H groups in total. The Labute approximate surface area is 129 Å². The Bertz CT molecular complexity index is 975. The lowest BCUT2D eigenvalue weighted by Crippen LogP contribution is -1.90. The zero-order valence-electron chi connectivity index (χ0n) is 11.0. The molecule has 0 unspecified atom stereocenters. The predicted molar refractivity (Wildman–Crippen MR) is 89.1 cm³/mol. The summed E-state index contributed by atoms with van der Waals surface area (Å²) in [5.41, 5.74) is 9.21. The van der Waals surface area contributed by atoms with E-state index in [1.165, 1.54) is 0 Å². The van der Waals surface area contributed by atoms with Gasteiger partial charge in [0.25, 0.3) is 0 Å². The van der Waals surface area contributed by atoms with Crippen LogP contribution in [0.25, 0.3) is 33.3 Å². The number of nitrogens with zero attached hydrogens (tertiary/aromatic N) is 1. The molecule has 0 atom stereocenters. The average molecular weight is 339 g/mol. The van der Waals surface area contributed by atoms with Gasteiger partial charge in [-0.1, -0.05) is 40.2 Å². The summed E-state index contributed by atoms with van der Waals surface area (Å²) < 4.78 is 6.80. The van der Waals surface area contributed by atoms with Gasteiger partial charge in [0.2, 0.25) is 5.89 Å². The molecule has 0 saturated heterocycles. The third-order valence-corrected chi connectivity index (χ3v) is 3.99. The van der Waals surface area contributed by atoms with Gasteiger partial charge < -0.3 is 10.2 Å². The van der Waals surface area contributed by atoms with Gasteiger partial charge in [-0.2, -0.15) is 0 Å². The van der Waals surface area contributed by atoms with Crippen molar-refractivity contribution in [1.29, 1.82) is 0 Å². The molecule has 0 radical (unpaired) electrons. The Hall–Kier alpha value is -2.33. The minimum absolute atomic E-state index is 0.548. The monoisotopic (exact) mass is 338 g/mol. The smallest absolute Gasteiger partial charge is 0.229 e. The lowest BCUT2D eigenvalue weighted by Gasteiger charge is -2.04. The molecule has 0 bridgehead atoms. The second-order valence-corrected chi connectivity index (χ2v) is 5.83. The van der Waals surface area contributed by atoms with E-state index in [9.17, 15) is 0 Å². The van der Waals surface area contributed by atoms with Crippen molar-refractivity contribution in [3.63, 3.8) is 0 Å². The van der Waals surface area contributed by atoms with Crippen LogP contribution in [0.3, 0.4) is 0 Å². The van der Waals surface area contributed by atoms with E-state index in [0.29, 0.717) is 11.6 Å². The van der Waals surface area contributed by atoms with Gasteiger partial charge in [-0.05, 0) is 41.1 Å². The minimum Gasteiger partial charge on any atom is -0.436 e. The van der Waals surface area contributed by atoms with E-state index >= 15 is 0 Å². The van der Waals surface area contributed by atoms with Gasteiger partial charge in [0.1, 0.15) is 5.52 Å². The van der Waals surface area contributed by atoms with E-state index in [-0.39, 0.29) is 0 Å². The Morgan fingerprint density at radius 2 is 1.71 bits per heavy atom. The Morgan fingerprint density at radius 3 is 2.52 bits per heavy atom. The lowest BCUT2D eigenvalue weighted by molar-refractivity contribution is 0.620. The van der Waals surface area contributed by atoms with Crippen molar-refractivity contribution in [2.45, 2.75) is 0 Å². The Morgan fingerprint density at radius 1 is 0.952 bits per heavy atom. The highest BCUT2D eigenvalue weighted by Gasteiger charge is 2.12. The SMILES string of the molecule is Nc1cc2ccccc2cc1-c1nc2cc(Br)ccc2o1. The van der Waals surface area contributed by atoms with Crippen molar-refractivity contribution in [2.75, 3.05) is 5.73 Å². The maximum atomic E-state index is 6.16. The second-order valence-electron chi connectivity index (χ2n) is 4.92. The first-order valence-electron chi connectivity index (χ1n) is 6.55. The fourth-order valence-corrected chi connectivity index (χ4v) is 2.81. The number of aromatic nitrogens is 1. The van der Waals surface area contributed by atoms with Crippen LogP contribution < -0.4 is 5.73 Å². The summed E-state index contributed by atoms with van der Waals surface area (Å²) in [4.78, 5) is 4.53. The Kier molecular flexibility index (Phi) is 2.72. The minimum atomic E-state index is 0.548. The van der Waals surface area contributed by atoms with Gasteiger partial charge in [0.05, 0.1) is 5.56 Å². The van der Waals surface area contributed by atoms with Crippen molar-refractivity contribution >= 4 is 43.5 Å². The van der Waals surface area contributed by atoms with Crippen molar-refractivity contribution in [1.82, 2.24) is 4.98 Å². The average Bonchev–Trinajstić information content (AvgIpc) is 2.89. The topological polar surface area (TPSA) is 52.0 Å². The molecule has 0 aliphatic carbocycles. The number of fused-ring (bicyclic) bond motifs is 2. The summed E-state index contributed by atoms with van der Waals surface area (Å²) in [5, 5.41) is 2.22. The third-order valence-electron chi connectivity index (χ3n) is 3.50.